The van der Waals surface area contributed by atoms with E-state index < -0.39 is 48.6 Å². The van der Waals surface area contributed by atoms with Gasteiger partial charge >= 0.3 is 12.4 Å². The van der Waals surface area contributed by atoms with Gasteiger partial charge in [-0.1, -0.05) is 33.6 Å². The number of halogens is 6. The van der Waals surface area contributed by atoms with E-state index in [1.54, 1.807) is 6.92 Å². The quantitative estimate of drug-likeness (QED) is 0.723. The fraction of sp³-hybridized carbons (Fsp3) is 1.00. The highest BCUT2D eigenvalue weighted by Gasteiger charge is 2.74. The minimum Gasteiger partial charge on any atom is -0.368 e. The molecule has 0 aromatic rings. The molecule has 24 heavy (non-hydrogen) atoms. The number of piperidine rings is 1. The van der Waals surface area contributed by atoms with Crippen LogP contribution in [0.3, 0.4) is 0 Å². The maximum Gasteiger partial charge on any atom is 0.431 e. The van der Waals surface area contributed by atoms with Crippen LogP contribution in [0.5, 0.6) is 0 Å². The first kappa shape index (κ1) is 21.5. The molecular weight excluding hydrogens is 340 g/mol. The molecule has 1 rings (SSSR count). The molecule has 0 aromatic heterocycles. The van der Waals surface area contributed by atoms with Crippen molar-refractivity contribution in [2.24, 2.45) is 11.8 Å². The van der Waals surface area contributed by atoms with Crippen molar-refractivity contribution >= 4 is 0 Å². The van der Waals surface area contributed by atoms with Gasteiger partial charge in [0.15, 0.2) is 0 Å². The van der Waals surface area contributed by atoms with Crippen LogP contribution in [-0.4, -0.2) is 45.5 Å². The van der Waals surface area contributed by atoms with Crippen LogP contribution in [0.1, 0.15) is 52.9 Å². The lowest BCUT2D eigenvalue weighted by Gasteiger charge is -2.58. The maximum absolute atomic E-state index is 13.7. The van der Waals surface area contributed by atoms with Crippen molar-refractivity contribution in [2.45, 2.75) is 76.7 Å². The molecule has 1 heterocycles. The zero-order valence-electron chi connectivity index (χ0n) is 14.0. The predicted octanol–water partition coefficient (Wildman–Crippen LogP) is 4.05. The third kappa shape index (κ3) is 3.26. The van der Waals surface area contributed by atoms with Crippen molar-refractivity contribution < 1.29 is 36.6 Å². The van der Waals surface area contributed by atoms with Gasteiger partial charge in [-0.3, -0.25) is 0 Å². The predicted molar refractivity (Wildman–Crippen MR) is 75.8 cm³/mol. The first-order valence-electron chi connectivity index (χ1n) is 8.17. The Morgan fingerprint density at radius 1 is 1.00 bits per heavy atom. The van der Waals surface area contributed by atoms with Crippen molar-refractivity contribution in [3.63, 3.8) is 0 Å². The van der Waals surface area contributed by atoms with E-state index in [9.17, 15) is 36.6 Å². The molecule has 144 valence electrons. The van der Waals surface area contributed by atoms with Crippen molar-refractivity contribution in [3.05, 3.63) is 0 Å². The first-order chi connectivity index (χ1) is 10.8. The van der Waals surface area contributed by atoms with E-state index in [-0.39, 0.29) is 17.7 Å². The van der Waals surface area contributed by atoms with E-state index in [4.69, 9.17) is 0 Å². The molecule has 1 aliphatic heterocycles. The van der Waals surface area contributed by atoms with Gasteiger partial charge in [0, 0.05) is 18.9 Å². The van der Waals surface area contributed by atoms with Gasteiger partial charge in [-0.2, -0.15) is 26.3 Å². The molecule has 0 aromatic carbocycles. The van der Waals surface area contributed by atoms with Crippen molar-refractivity contribution in [1.29, 1.82) is 0 Å². The molecule has 0 bridgehead atoms. The summed E-state index contributed by atoms with van der Waals surface area (Å²) >= 11 is 0. The Hall–Kier alpha value is -0.540. The summed E-state index contributed by atoms with van der Waals surface area (Å²) in [5.41, 5.74) is -7.44. The molecule has 0 saturated carbocycles. The molecule has 0 amide bonds. The maximum atomic E-state index is 13.7. The van der Waals surface area contributed by atoms with E-state index in [1.165, 1.54) is 6.92 Å². The molecule has 1 fully saturated rings. The van der Waals surface area contributed by atoms with Crippen molar-refractivity contribution in [3.8, 4) is 0 Å². The lowest BCUT2D eigenvalue weighted by atomic mass is 9.69. The lowest BCUT2D eigenvalue weighted by molar-refractivity contribution is -0.438. The summed E-state index contributed by atoms with van der Waals surface area (Å²) < 4.78 is 81.3. The fourth-order valence-electron chi connectivity index (χ4n) is 3.95. The molecule has 0 radical (unpaired) electrons. The van der Waals surface area contributed by atoms with Crippen LogP contribution in [0.4, 0.5) is 26.3 Å². The van der Waals surface area contributed by atoms with E-state index in [2.05, 4.69) is 0 Å². The van der Waals surface area contributed by atoms with Crippen LogP contribution >= 0.6 is 0 Å². The van der Waals surface area contributed by atoms with Gasteiger partial charge < -0.3 is 10.2 Å². The van der Waals surface area contributed by atoms with E-state index in [1.807, 2.05) is 0 Å². The van der Waals surface area contributed by atoms with Gasteiger partial charge in [0.05, 0.1) is 0 Å². The number of aliphatic hydroxyl groups is 2. The average molecular weight is 365 g/mol. The van der Waals surface area contributed by atoms with Crippen LogP contribution in [0.2, 0.25) is 0 Å². The van der Waals surface area contributed by atoms with E-state index >= 15 is 0 Å². The Morgan fingerprint density at radius 2 is 1.54 bits per heavy atom. The van der Waals surface area contributed by atoms with Crippen LogP contribution in [0.15, 0.2) is 0 Å². The SMILES string of the molecule is CCCCC1CC(O)(C(F)(F)F)N(CC)C(O)(C(F)(F)F)C1CC. The molecule has 1 saturated heterocycles. The highest BCUT2D eigenvalue weighted by molar-refractivity contribution is 5.07. The van der Waals surface area contributed by atoms with Crippen LogP contribution in [0, 0.1) is 11.8 Å². The second-order valence-corrected chi connectivity index (χ2v) is 6.40. The normalized spacial score (nSPS) is 36.1. The number of hydrogen-bond acceptors (Lipinski definition) is 3. The molecular formula is C15H25F6NO2. The largest absolute Gasteiger partial charge is 0.431 e. The number of rotatable bonds is 5. The van der Waals surface area contributed by atoms with Crippen molar-refractivity contribution in [2.75, 3.05) is 6.54 Å². The van der Waals surface area contributed by atoms with Gasteiger partial charge in [-0.25, -0.2) is 4.90 Å². The van der Waals surface area contributed by atoms with Crippen molar-refractivity contribution in [1.82, 2.24) is 4.90 Å². The highest BCUT2D eigenvalue weighted by atomic mass is 19.4. The summed E-state index contributed by atoms with van der Waals surface area (Å²) in [5, 5.41) is 20.6. The Kier molecular flexibility index (Phi) is 6.27. The van der Waals surface area contributed by atoms with Gasteiger partial charge in [-0.05, 0) is 18.8 Å². The number of unbranched alkanes of at least 4 members (excludes halogenated alkanes) is 1. The minimum absolute atomic E-state index is 0.0866. The van der Waals surface area contributed by atoms with Gasteiger partial charge in [0.1, 0.15) is 0 Å². The Morgan fingerprint density at radius 3 is 1.88 bits per heavy atom. The minimum atomic E-state index is -5.33. The number of likely N-dealkylation sites (tertiary alicyclic amines) is 1. The van der Waals surface area contributed by atoms with Gasteiger partial charge in [0.2, 0.25) is 11.4 Å². The summed E-state index contributed by atoms with van der Waals surface area (Å²) in [4.78, 5) is -0.226. The smallest absolute Gasteiger partial charge is 0.368 e. The number of alkyl halides is 6. The summed E-state index contributed by atoms with van der Waals surface area (Å²) in [7, 11) is 0. The Labute approximate surface area is 137 Å². The molecule has 1 aliphatic rings. The van der Waals surface area contributed by atoms with Gasteiger partial charge in [0.25, 0.3) is 0 Å². The second kappa shape index (κ2) is 6.99. The van der Waals surface area contributed by atoms with Crippen LogP contribution in [-0.2, 0) is 0 Å². The lowest BCUT2D eigenvalue weighted by Crippen LogP contribution is -2.77. The second-order valence-electron chi connectivity index (χ2n) is 6.40. The fourth-order valence-corrected chi connectivity index (χ4v) is 3.95. The zero-order valence-corrected chi connectivity index (χ0v) is 14.0. The summed E-state index contributed by atoms with van der Waals surface area (Å²) in [6.45, 7) is 3.45. The molecule has 4 atom stereocenters. The standard InChI is InChI=1S/C15H25F6NO2/c1-4-7-8-10-9-12(23,14(16,17)18)22(6-3)13(24,11(10)5-2)15(19,20)21/h10-11,23-24H,4-9H2,1-3H3. The molecule has 2 N–H and O–H groups in total. The van der Waals surface area contributed by atoms with Crippen LogP contribution < -0.4 is 0 Å². The summed E-state index contributed by atoms with van der Waals surface area (Å²) in [6.07, 6.45) is -10.5. The summed E-state index contributed by atoms with van der Waals surface area (Å²) in [5.74, 6) is -2.53. The molecule has 9 heteroatoms. The summed E-state index contributed by atoms with van der Waals surface area (Å²) in [6, 6.07) is 0. The third-order valence-electron chi connectivity index (χ3n) is 5.05. The molecule has 4 unspecified atom stereocenters. The van der Waals surface area contributed by atoms with Crippen LogP contribution in [0.25, 0.3) is 0 Å². The Balaban J connectivity index is 3.54. The number of hydrogen-bond donors (Lipinski definition) is 2. The average Bonchev–Trinajstić information content (AvgIpc) is 2.42. The topological polar surface area (TPSA) is 43.7 Å². The van der Waals surface area contributed by atoms with E-state index in [0.717, 1.165) is 6.92 Å². The molecule has 0 aliphatic carbocycles. The molecule has 0 spiro atoms. The van der Waals surface area contributed by atoms with E-state index in [0.29, 0.717) is 12.8 Å². The molecule has 3 nitrogen and oxygen atoms in total. The third-order valence-corrected chi connectivity index (χ3v) is 5.05. The first-order valence-corrected chi connectivity index (χ1v) is 8.17. The number of nitrogens with zero attached hydrogens (tertiary/aromatic N) is 1. The zero-order chi connectivity index (χ0) is 19.0. The monoisotopic (exact) mass is 365 g/mol. The van der Waals surface area contributed by atoms with Gasteiger partial charge in [-0.15, -0.1) is 0 Å². The highest BCUT2D eigenvalue weighted by Crippen LogP contribution is 2.56. The Bertz CT molecular complexity index is 427.